The van der Waals surface area contributed by atoms with Crippen molar-refractivity contribution in [2.24, 2.45) is 5.41 Å². The number of benzene rings is 3. The number of nitrogen functional groups attached to an aromatic ring is 1. The number of aliphatic hydroxyl groups excluding tert-OH is 1. The van der Waals surface area contributed by atoms with E-state index in [9.17, 15) is 9.59 Å². The van der Waals surface area contributed by atoms with E-state index in [1.807, 2.05) is 32.0 Å². The molecule has 0 spiro atoms. The summed E-state index contributed by atoms with van der Waals surface area (Å²) in [4.78, 5) is 25.2. The van der Waals surface area contributed by atoms with Crippen LogP contribution in [0.1, 0.15) is 43.9 Å². The minimum atomic E-state index is -0.640. The lowest BCUT2D eigenvalue weighted by Gasteiger charge is -2.34. The third-order valence-electron chi connectivity index (χ3n) is 6.18. The maximum Gasteiger partial charge on any atom is 0.412 e. The average molecular weight is 543 g/mol. The molecule has 0 saturated carbocycles. The van der Waals surface area contributed by atoms with Crippen molar-refractivity contribution in [1.29, 1.82) is 5.26 Å². The van der Waals surface area contributed by atoms with E-state index in [1.165, 1.54) is 6.08 Å². The van der Waals surface area contributed by atoms with E-state index in [2.05, 4.69) is 10.6 Å². The number of allylic oxidation sites excluding steroid dienone is 1. The number of aliphatic hydroxyl groups is 1. The fraction of sp³-hybridized carbons (Fsp3) is 0.258. The van der Waals surface area contributed by atoms with Crippen molar-refractivity contribution in [3.63, 3.8) is 0 Å². The van der Waals surface area contributed by atoms with Crippen LogP contribution in [-0.2, 0) is 9.53 Å². The first-order chi connectivity index (χ1) is 19.2. The van der Waals surface area contributed by atoms with Gasteiger partial charge in [0.25, 0.3) is 0 Å². The number of rotatable bonds is 12. The zero-order chi connectivity index (χ0) is 29.0. The molecule has 9 nitrogen and oxygen atoms in total. The topological polar surface area (TPSA) is 147 Å². The van der Waals surface area contributed by atoms with Gasteiger partial charge in [0, 0.05) is 11.1 Å². The number of ether oxygens (including phenoxy) is 2. The normalized spacial score (nSPS) is 11.8. The van der Waals surface area contributed by atoms with E-state index in [4.69, 9.17) is 25.6 Å². The second-order valence-corrected chi connectivity index (χ2v) is 9.75. The zero-order valence-electron chi connectivity index (χ0n) is 22.6. The summed E-state index contributed by atoms with van der Waals surface area (Å²) < 4.78 is 11.4. The lowest BCUT2D eigenvalue weighted by molar-refractivity contribution is -0.111. The van der Waals surface area contributed by atoms with Crippen LogP contribution in [0.15, 0.2) is 84.9 Å². The standard InChI is InChI=1S/C31H34N4O5/c1-31(2,18-6-5-9-28(37)35-27-8-4-3-7-26(27)33)29(23-12-16-25(17-13-23)39-20-19-36)40-30(38)34-24-14-10-22(21-32)11-15-24/h3-5,7-17,29,36H,6,18-20,33H2,1-2H3,(H,34,38)(H,35,37)/b9-5+/t29-/m0/s1. The van der Waals surface area contributed by atoms with Crippen LogP contribution in [0.5, 0.6) is 5.75 Å². The number of carbonyl (C=O) groups excluding carboxylic acids is 2. The van der Waals surface area contributed by atoms with Crippen molar-refractivity contribution in [3.05, 3.63) is 96.1 Å². The molecule has 0 bridgehead atoms. The molecule has 0 heterocycles. The Balaban J connectivity index is 1.70. The molecule has 9 heteroatoms. The molecular formula is C31H34N4O5. The Morgan fingerprint density at radius 2 is 1.75 bits per heavy atom. The first-order valence-corrected chi connectivity index (χ1v) is 12.9. The summed E-state index contributed by atoms with van der Waals surface area (Å²) in [5.41, 5.74) is 8.13. The summed E-state index contributed by atoms with van der Waals surface area (Å²) in [5, 5.41) is 23.5. The van der Waals surface area contributed by atoms with Gasteiger partial charge in [-0.1, -0.05) is 44.2 Å². The molecule has 0 aliphatic carbocycles. The quantitative estimate of drug-likeness (QED) is 0.167. The fourth-order valence-corrected chi connectivity index (χ4v) is 4.03. The molecule has 0 aliphatic rings. The van der Waals surface area contributed by atoms with E-state index >= 15 is 0 Å². The van der Waals surface area contributed by atoms with E-state index < -0.39 is 17.6 Å². The molecule has 0 aromatic heterocycles. The first kappa shape index (κ1) is 29.7. The molecule has 40 heavy (non-hydrogen) atoms. The number of para-hydroxylation sites is 2. The van der Waals surface area contributed by atoms with Crippen molar-refractivity contribution >= 4 is 29.1 Å². The van der Waals surface area contributed by atoms with Gasteiger partial charge < -0.3 is 25.6 Å². The largest absolute Gasteiger partial charge is 0.491 e. The van der Waals surface area contributed by atoms with Gasteiger partial charge in [0.05, 0.1) is 29.6 Å². The van der Waals surface area contributed by atoms with Gasteiger partial charge in [0.15, 0.2) is 0 Å². The maximum atomic E-state index is 12.9. The van der Waals surface area contributed by atoms with E-state index in [1.54, 1.807) is 66.7 Å². The van der Waals surface area contributed by atoms with Crippen LogP contribution < -0.4 is 21.1 Å². The number of nitriles is 1. The van der Waals surface area contributed by atoms with Gasteiger partial charge >= 0.3 is 6.09 Å². The maximum absolute atomic E-state index is 12.9. The van der Waals surface area contributed by atoms with Crippen LogP contribution in [0.25, 0.3) is 0 Å². The van der Waals surface area contributed by atoms with Gasteiger partial charge in [0.1, 0.15) is 18.5 Å². The molecular weight excluding hydrogens is 508 g/mol. The number of carbonyl (C=O) groups is 2. The highest BCUT2D eigenvalue weighted by atomic mass is 16.6. The second-order valence-electron chi connectivity index (χ2n) is 9.75. The van der Waals surface area contributed by atoms with Gasteiger partial charge in [-0.15, -0.1) is 0 Å². The molecule has 3 aromatic rings. The molecule has 0 fully saturated rings. The fourth-order valence-electron chi connectivity index (χ4n) is 4.03. The molecule has 3 rings (SSSR count). The van der Waals surface area contributed by atoms with Crippen LogP contribution in [0.3, 0.4) is 0 Å². The molecule has 5 N–H and O–H groups in total. The van der Waals surface area contributed by atoms with Crippen LogP contribution in [0, 0.1) is 16.7 Å². The van der Waals surface area contributed by atoms with Crippen LogP contribution >= 0.6 is 0 Å². The number of nitrogens with zero attached hydrogens (tertiary/aromatic N) is 1. The number of hydrogen-bond acceptors (Lipinski definition) is 7. The van der Waals surface area contributed by atoms with Crippen molar-refractivity contribution in [3.8, 4) is 11.8 Å². The third kappa shape index (κ3) is 8.89. The predicted octanol–water partition coefficient (Wildman–Crippen LogP) is 5.80. The highest BCUT2D eigenvalue weighted by Crippen LogP contribution is 2.41. The molecule has 3 aromatic carbocycles. The SMILES string of the molecule is CC(C)(CC/C=C/C(=O)Nc1ccccc1N)[C@@H](OC(=O)Nc1ccc(C#N)cc1)c1ccc(OCCO)cc1. The van der Waals surface area contributed by atoms with Crippen LogP contribution in [-0.4, -0.2) is 30.3 Å². The van der Waals surface area contributed by atoms with E-state index in [0.717, 1.165) is 5.56 Å². The number of hydrogen-bond donors (Lipinski definition) is 4. The Morgan fingerprint density at radius 3 is 2.40 bits per heavy atom. The van der Waals surface area contributed by atoms with E-state index in [-0.39, 0.29) is 19.1 Å². The minimum Gasteiger partial charge on any atom is -0.491 e. The van der Waals surface area contributed by atoms with Gasteiger partial charge in [-0.3, -0.25) is 10.1 Å². The number of nitrogens with two attached hydrogens (primary N) is 1. The van der Waals surface area contributed by atoms with E-state index in [0.29, 0.717) is 41.2 Å². The number of amides is 2. The number of anilines is 3. The van der Waals surface area contributed by atoms with Crippen molar-refractivity contribution in [2.75, 3.05) is 29.6 Å². The smallest absolute Gasteiger partial charge is 0.412 e. The highest BCUT2D eigenvalue weighted by molar-refractivity contribution is 6.01. The summed E-state index contributed by atoms with van der Waals surface area (Å²) in [7, 11) is 0. The Bertz CT molecular complexity index is 1350. The molecule has 0 saturated heterocycles. The predicted molar refractivity (Wildman–Crippen MR) is 155 cm³/mol. The lowest BCUT2D eigenvalue weighted by atomic mass is 9.78. The lowest BCUT2D eigenvalue weighted by Crippen LogP contribution is -2.29. The Labute approximate surface area is 234 Å². The average Bonchev–Trinajstić information content (AvgIpc) is 2.95. The summed E-state index contributed by atoms with van der Waals surface area (Å²) >= 11 is 0. The minimum absolute atomic E-state index is 0.0969. The summed E-state index contributed by atoms with van der Waals surface area (Å²) in [5.74, 6) is 0.299. The molecule has 2 amide bonds. The summed E-state index contributed by atoms with van der Waals surface area (Å²) in [6.07, 6.45) is 3.11. The molecule has 0 aliphatic heterocycles. The molecule has 208 valence electrons. The highest BCUT2D eigenvalue weighted by Gasteiger charge is 2.34. The summed E-state index contributed by atoms with van der Waals surface area (Å²) in [6, 6.07) is 22.7. The Kier molecular flexibility index (Phi) is 10.7. The van der Waals surface area contributed by atoms with Crippen LogP contribution in [0.2, 0.25) is 0 Å². The Morgan fingerprint density at radius 1 is 1.05 bits per heavy atom. The van der Waals surface area contributed by atoms with Gasteiger partial charge in [-0.2, -0.15) is 5.26 Å². The Hall–Kier alpha value is -4.81. The summed E-state index contributed by atoms with van der Waals surface area (Å²) in [6.45, 7) is 4.05. The van der Waals surface area contributed by atoms with Crippen molar-refractivity contribution in [2.45, 2.75) is 32.8 Å². The van der Waals surface area contributed by atoms with Crippen LogP contribution in [0.4, 0.5) is 21.9 Å². The zero-order valence-corrected chi connectivity index (χ0v) is 22.6. The van der Waals surface area contributed by atoms with Gasteiger partial charge in [-0.25, -0.2) is 4.79 Å². The van der Waals surface area contributed by atoms with Gasteiger partial charge in [-0.05, 0) is 73.0 Å². The molecule has 1 atom stereocenters. The van der Waals surface area contributed by atoms with Crippen molar-refractivity contribution < 1.29 is 24.2 Å². The molecule has 0 radical (unpaired) electrons. The second kappa shape index (κ2) is 14.4. The molecule has 0 unspecified atom stereocenters. The van der Waals surface area contributed by atoms with Crippen molar-refractivity contribution in [1.82, 2.24) is 0 Å². The van der Waals surface area contributed by atoms with Gasteiger partial charge in [0.2, 0.25) is 5.91 Å². The third-order valence-corrected chi connectivity index (χ3v) is 6.18. The number of nitrogens with one attached hydrogen (secondary N) is 2. The first-order valence-electron chi connectivity index (χ1n) is 12.9. The monoisotopic (exact) mass is 542 g/mol.